The van der Waals surface area contributed by atoms with Crippen LogP contribution in [0.25, 0.3) is 0 Å². The molecule has 2 fully saturated rings. The van der Waals surface area contributed by atoms with Crippen molar-refractivity contribution in [3.8, 4) is 0 Å². The first kappa shape index (κ1) is 30.3. The van der Waals surface area contributed by atoms with E-state index in [1.165, 1.54) is 35.7 Å². The molecule has 1 aromatic rings. The number of amides is 2. The molecule has 13 heteroatoms. The summed E-state index contributed by atoms with van der Waals surface area (Å²) in [7, 11) is 0. The van der Waals surface area contributed by atoms with E-state index in [4.69, 9.17) is 5.11 Å². The van der Waals surface area contributed by atoms with Crippen molar-refractivity contribution in [1.82, 2.24) is 10.2 Å². The molecule has 0 bridgehead atoms. The zero-order valence-electron chi connectivity index (χ0n) is 20.0. The summed E-state index contributed by atoms with van der Waals surface area (Å²) in [6, 6.07) is 5.07. The second kappa shape index (κ2) is 12.1. The van der Waals surface area contributed by atoms with Crippen molar-refractivity contribution in [2.24, 2.45) is 11.8 Å². The zero-order valence-corrected chi connectivity index (χ0v) is 24.8. The van der Waals surface area contributed by atoms with Gasteiger partial charge in [0.05, 0.1) is 29.7 Å². The van der Waals surface area contributed by atoms with Gasteiger partial charge in [-0.2, -0.15) is 0 Å². The Bertz CT molecular complexity index is 1070. The first-order valence-corrected chi connectivity index (χ1v) is 11.5. The number of carbonyl (C=O) groups is 4. The van der Waals surface area contributed by atoms with Crippen molar-refractivity contribution in [1.29, 1.82) is 0 Å². The first-order chi connectivity index (χ1) is 15.6. The number of benzene rings is 1. The van der Waals surface area contributed by atoms with E-state index in [2.05, 4.69) is 10.6 Å². The van der Waals surface area contributed by atoms with Gasteiger partial charge in [0, 0.05) is 87.4 Å². The molecule has 3 aliphatic heterocycles. The molecule has 1 aromatic carbocycles. The van der Waals surface area contributed by atoms with Crippen molar-refractivity contribution in [2.45, 2.75) is 43.7 Å². The van der Waals surface area contributed by atoms with Crippen LogP contribution in [0.15, 0.2) is 34.9 Å². The predicted molar refractivity (Wildman–Crippen MR) is 131 cm³/mol. The molecule has 0 spiro atoms. The maximum absolute atomic E-state index is 12.7. The Hall–Kier alpha value is -0.890. The van der Waals surface area contributed by atoms with Gasteiger partial charge in [0.1, 0.15) is 5.70 Å². The smallest absolute Gasteiger partial charge is 0.353 e. The molecular weight excluding hydrogens is 496 g/mol. The fourth-order valence-corrected chi connectivity index (χ4v) is 6.29. The molecule has 0 unspecified atom stereocenters. The third-order valence-electron chi connectivity index (χ3n) is 6.39. The van der Waals surface area contributed by atoms with Gasteiger partial charge < -0.3 is 30.9 Å². The van der Waals surface area contributed by atoms with Crippen LogP contribution >= 0.6 is 11.8 Å². The Kier molecular flexibility index (Phi) is 10.5. The number of hydrogen-bond acceptors (Lipinski definition) is 7. The summed E-state index contributed by atoms with van der Waals surface area (Å²) in [5.41, 5.74) is 0.418. The van der Waals surface area contributed by atoms with Gasteiger partial charge in [-0.15, -0.1) is 11.8 Å². The van der Waals surface area contributed by atoms with Crippen LogP contribution in [0.1, 0.15) is 30.6 Å². The second-order valence-corrected chi connectivity index (χ2v) is 9.93. The minimum atomic E-state index is -1.18. The minimum absolute atomic E-state index is 0. The molecule has 2 saturated heterocycles. The van der Waals surface area contributed by atoms with Gasteiger partial charge in [-0.05, 0) is 31.5 Å². The van der Waals surface area contributed by atoms with Crippen LogP contribution in [0.2, 0.25) is 0 Å². The largest absolute Gasteiger partial charge is 0.478 e. The number of thioether (sulfide) groups is 1. The standard InChI is InChI=1S/C22H25N3O7S.2Na/c1-9-16-15(10(2)26)20(28)25(16)17(22(31)32)18(9)33-13-7-14(23-8-13)19(27)24-12-5-3-4-11(6-12)21(29)30;;/h3-6,9-10,13-16,23,26H,7-8H2,1-2H3,(H,24,27)(H,29,30)(H,31,32);;/t9-,10-,13+,14-,15-,16-;;/m1../s1. The van der Waals surface area contributed by atoms with Gasteiger partial charge in [-0.3, -0.25) is 9.59 Å². The van der Waals surface area contributed by atoms with E-state index in [1.54, 1.807) is 12.1 Å². The number of aliphatic hydroxyl groups excluding tert-OH is 1. The molecule has 0 aliphatic carbocycles. The van der Waals surface area contributed by atoms with Crippen LogP contribution in [0.4, 0.5) is 5.69 Å². The average Bonchev–Trinajstić information content (AvgIpc) is 3.30. The summed E-state index contributed by atoms with van der Waals surface area (Å²) >= 11 is 1.36. The van der Waals surface area contributed by atoms with Crippen LogP contribution in [-0.2, 0) is 14.4 Å². The van der Waals surface area contributed by atoms with Crippen LogP contribution in [0.3, 0.4) is 0 Å². The number of carboxylic acid groups (broad SMARTS) is 2. The van der Waals surface area contributed by atoms with E-state index in [9.17, 15) is 29.4 Å². The summed E-state index contributed by atoms with van der Waals surface area (Å²) in [5.74, 6) is -3.79. The molecule has 35 heavy (non-hydrogen) atoms. The summed E-state index contributed by atoms with van der Waals surface area (Å²) < 4.78 is 0. The number of carbonyl (C=O) groups excluding carboxylic acids is 2. The van der Waals surface area contributed by atoms with Crippen molar-refractivity contribution >= 4 is 100 Å². The number of carboxylic acids is 2. The van der Waals surface area contributed by atoms with E-state index in [1.807, 2.05) is 6.92 Å². The van der Waals surface area contributed by atoms with Crippen LogP contribution in [0.5, 0.6) is 0 Å². The molecule has 4 rings (SSSR count). The Morgan fingerprint density at radius 1 is 1.20 bits per heavy atom. The SMILES string of the molecule is C[C@@H](O)[C@H]1C(=O)N2C(C(=O)O)=C(S[C@@H]3CN[C@@H](C(=O)Nc4cccc(C(=O)O)c4)C3)[C@H](C)[C@H]12.[Na].[Na]. The predicted octanol–water partition coefficient (Wildman–Crippen LogP) is 0.179. The maximum Gasteiger partial charge on any atom is 0.353 e. The number of fused-ring (bicyclic) bond motifs is 1. The molecule has 2 radical (unpaired) electrons. The normalized spacial score (nSPS) is 27.8. The number of aliphatic hydroxyl groups is 1. The topological polar surface area (TPSA) is 156 Å². The Morgan fingerprint density at radius 2 is 1.89 bits per heavy atom. The molecular formula is C22H25N3Na2O7S. The number of β-lactam (4-membered cyclic amide) rings is 1. The van der Waals surface area contributed by atoms with Gasteiger partial charge in [0.25, 0.3) is 0 Å². The molecule has 5 N–H and O–H groups in total. The van der Waals surface area contributed by atoms with Crippen molar-refractivity contribution in [2.75, 3.05) is 11.9 Å². The monoisotopic (exact) mass is 521 g/mol. The van der Waals surface area contributed by atoms with Crippen molar-refractivity contribution in [3.63, 3.8) is 0 Å². The minimum Gasteiger partial charge on any atom is -0.478 e. The third kappa shape index (κ3) is 5.83. The fourth-order valence-electron chi connectivity index (χ4n) is 4.81. The molecule has 0 saturated carbocycles. The van der Waals surface area contributed by atoms with E-state index < -0.39 is 30.0 Å². The molecule has 3 heterocycles. The van der Waals surface area contributed by atoms with Gasteiger partial charge in [-0.1, -0.05) is 13.0 Å². The number of aliphatic carboxylic acids is 1. The number of anilines is 1. The van der Waals surface area contributed by atoms with E-state index in [0.29, 0.717) is 23.6 Å². The van der Waals surface area contributed by atoms with Crippen LogP contribution in [0, 0.1) is 11.8 Å². The third-order valence-corrected chi connectivity index (χ3v) is 7.90. The van der Waals surface area contributed by atoms with E-state index in [-0.39, 0.29) is 99.4 Å². The molecule has 2 amide bonds. The second-order valence-electron chi connectivity index (χ2n) is 8.58. The number of rotatable bonds is 7. The number of nitrogens with one attached hydrogen (secondary N) is 2. The summed E-state index contributed by atoms with van der Waals surface area (Å²) in [4.78, 5) is 50.1. The average molecular weight is 522 g/mol. The molecule has 0 aromatic heterocycles. The van der Waals surface area contributed by atoms with Gasteiger partial charge >= 0.3 is 11.9 Å². The van der Waals surface area contributed by atoms with E-state index in [0.717, 1.165) is 0 Å². The van der Waals surface area contributed by atoms with Gasteiger partial charge in [0.2, 0.25) is 11.8 Å². The molecule has 6 atom stereocenters. The van der Waals surface area contributed by atoms with Crippen LogP contribution < -0.4 is 10.6 Å². The number of nitrogens with zero attached hydrogens (tertiary/aromatic N) is 1. The quantitative estimate of drug-likeness (QED) is 0.250. The Balaban J connectivity index is 0.00000216. The summed E-state index contributed by atoms with van der Waals surface area (Å²) in [6.07, 6.45) is -0.419. The first-order valence-electron chi connectivity index (χ1n) is 10.6. The number of hydrogen-bond donors (Lipinski definition) is 5. The van der Waals surface area contributed by atoms with Crippen molar-refractivity contribution in [3.05, 3.63) is 40.4 Å². The van der Waals surface area contributed by atoms with Gasteiger partial charge in [0.15, 0.2) is 0 Å². The molecule has 10 nitrogen and oxygen atoms in total. The van der Waals surface area contributed by atoms with Gasteiger partial charge in [-0.25, -0.2) is 9.59 Å². The summed E-state index contributed by atoms with van der Waals surface area (Å²) in [5, 5.41) is 34.6. The van der Waals surface area contributed by atoms with Crippen molar-refractivity contribution < 1.29 is 34.5 Å². The molecule has 3 aliphatic rings. The maximum atomic E-state index is 12.7. The molecule has 178 valence electrons. The fraction of sp³-hybridized carbons (Fsp3) is 0.455. The summed E-state index contributed by atoms with van der Waals surface area (Å²) in [6.45, 7) is 3.87. The Labute approximate surface area is 250 Å². The van der Waals surface area contributed by atoms with Crippen LogP contribution in [-0.4, -0.2) is 133 Å². The number of aromatic carboxylic acids is 1. The zero-order chi connectivity index (χ0) is 24.0. The van der Waals surface area contributed by atoms with E-state index >= 15 is 0 Å². The Morgan fingerprint density at radius 3 is 2.49 bits per heavy atom.